The Hall–Kier alpha value is 0.740. The van der Waals surface area contributed by atoms with Crippen molar-refractivity contribution in [3.8, 4) is 0 Å². The van der Waals surface area contributed by atoms with Crippen LogP contribution in [0.15, 0.2) is 0 Å². The normalized spacial score (nSPS) is 19.9. The zero-order valence-corrected chi connectivity index (χ0v) is 13.1. The van der Waals surface area contributed by atoms with Crippen molar-refractivity contribution in [1.29, 1.82) is 0 Å². The van der Waals surface area contributed by atoms with Crippen molar-refractivity contribution >= 4 is 20.2 Å². The van der Waals surface area contributed by atoms with Crippen molar-refractivity contribution < 1.29 is 55.5 Å². The van der Waals surface area contributed by atoms with E-state index in [-0.39, 0.29) is 29.6 Å². The van der Waals surface area contributed by atoms with E-state index >= 15 is 0 Å². The van der Waals surface area contributed by atoms with Gasteiger partial charge in [-0.15, -0.1) is 0 Å². The van der Waals surface area contributed by atoms with Crippen LogP contribution in [0.4, 0.5) is 0 Å². The second-order valence-electron chi connectivity index (χ2n) is 3.66. The number of rotatable bonds is 4. The zero-order valence-electron chi connectivity index (χ0n) is 9.48. The van der Waals surface area contributed by atoms with Crippen LogP contribution in [0, 0.1) is 0 Å². The molecule has 1 rings (SSSR count). The summed E-state index contributed by atoms with van der Waals surface area (Å²) in [6, 6.07) is 0. The van der Waals surface area contributed by atoms with Crippen LogP contribution in [0.25, 0.3) is 0 Å². The molecule has 0 amide bonds. The molecule has 0 unspecified atom stereocenters. The van der Waals surface area contributed by atoms with E-state index < -0.39 is 32.0 Å². The quantitative estimate of drug-likeness (QED) is 0.393. The van der Waals surface area contributed by atoms with Crippen LogP contribution in [0.2, 0.25) is 0 Å². The molecule has 1 aliphatic heterocycles. The third-order valence-corrected chi connectivity index (χ3v) is 3.54. The van der Waals surface area contributed by atoms with Gasteiger partial charge in [-0.1, -0.05) is 0 Å². The zero-order chi connectivity index (χ0) is 12.4. The van der Waals surface area contributed by atoms with Gasteiger partial charge in [0.2, 0.25) is 0 Å². The van der Waals surface area contributed by atoms with Crippen LogP contribution in [-0.2, 0) is 20.2 Å². The summed E-state index contributed by atoms with van der Waals surface area (Å²) in [6.45, 7) is 1.31. The third-order valence-electron chi connectivity index (χ3n) is 2.16. The largest absolute Gasteiger partial charge is 1.00 e. The second-order valence-corrected chi connectivity index (χ2v) is 6.50. The molecule has 0 bridgehead atoms. The van der Waals surface area contributed by atoms with E-state index in [4.69, 9.17) is 9.11 Å². The molecule has 1 fully saturated rings. The van der Waals surface area contributed by atoms with Crippen LogP contribution in [0.5, 0.6) is 0 Å². The van der Waals surface area contributed by atoms with Crippen LogP contribution in [0.1, 0.15) is 0 Å². The molecule has 1 saturated heterocycles. The molecule has 0 saturated carbocycles. The average Bonchev–Trinajstić information content (AvgIpc) is 2.03. The molecule has 2 N–H and O–H groups in total. The molecule has 0 aromatic rings. The van der Waals surface area contributed by atoms with E-state index in [1.165, 1.54) is 9.80 Å². The summed E-state index contributed by atoms with van der Waals surface area (Å²) in [4.78, 5) is 2.99. The summed E-state index contributed by atoms with van der Waals surface area (Å²) in [5, 5.41) is 0. The summed E-state index contributed by atoms with van der Waals surface area (Å²) in [6.07, 6.45) is 0. The van der Waals surface area contributed by atoms with Gasteiger partial charge in [0.1, 0.15) is 11.8 Å². The first kappa shape index (κ1) is 17.7. The first-order valence-electron chi connectivity index (χ1n) is 4.51. The van der Waals surface area contributed by atoms with E-state index in [1.54, 1.807) is 0 Å². The standard InChI is InChI=1S/C6H14N2O6S2.Na/c9-15(10,11)5-7-1-2-8(4-3-7)6-16(12,13)14;/h1-6H2,(H,9,10,11)(H,12,13,14);/q;+1. The Morgan fingerprint density at radius 1 is 0.765 bits per heavy atom. The van der Waals surface area contributed by atoms with Gasteiger partial charge in [0.05, 0.1) is 0 Å². The van der Waals surface area contributed by atoms with Crippen molar-refractivity contribution in [2.75, 3.05) is 37.9 Å². The van der Waals surface area contributed by atoms with Gasteiger partial charge in [-0.05, 0) is 0 Å². The van der Waals surface area contributed by atoms with E-state index in [2.05, 4.69) is 0 Å². The van der Waals surface area contributed by atoms with Crippen molar-refractivity contribution in [3.63, 3.8) is 0 Å². The van der Waals surface area contributed by atoms with Crippen LogP contribution < -0.4 is 29.6 Å². The second kappa shape index (κ2) is 6.78. The van der Waals surface area contributed by atoms with Gasteiger partial charge in [0, 0.05) is 26.2 Å². The monoisotopic (exact) mass is 297 g/mol. The van der Waals surface area contributed by atoms with Crippen molar-refractivity contribution in [1.82, 2.24) is 9.80 Å². The maximum atomic E-state index is 10.6. The smallest absolute Gasteiger partial charge is 0.285 e. The van der Waals surface area contributed by atoms with Crippen LogP contribution in [-0.4, -0.2) is 73.7 Å². The Labute approximate surface area is 123 Å². The van der Waals surface area contributed by atoms with Gasteiger partial charge in [0.15, 0.2) is 0 Å². The average molecular weight is 297 g/mol. The third kappa shape index (κ3) is 8.46. The Morgan fingerprint density at radius 2 is 1.00 bits per heavy atom. The van der Waals surface area contributed by atoms with E-state index in [9.17, 15) is 16.8 Å². The van der Waals surface area contributed by atoms with Gasteiger partial charge in [-0.25, -0.2) is 0 Å². The van der Waals surface area contributed by atoms with Gasteiger partial charge in [-0.3, -0.25) is 18.9 Å². The molecule has 8 nitrogen and oxygen atoms in total. The number of hydrogen-bond acceptors (Lipinski definition) is 6. The Balaban J connectivity index is 0.00000256. The summed E-state index contributed by atoms with van der Waals surface area (Å²) in [5.74, 6) is -0.903. The van der Waals surface area contributed by atoms with Gasteiger partial charge >= 0.3 is 29.6 Å². The number of hydrogen-bond donors (Lipinski definition) is 2. The molecule has 0 aliphatic carbocycles. The molecule has 96 valence electrons. The van der Waals surface area contributed by atoms with Crippen molar-refractivity contribution in [2.45, 2.75) is 0 Å². The molecular weight excluding hydrogens is 283 g/mol. The predicted molar refractivity (Wildman–Crippen MR) is 56.0 cm³/mol. The Morgan fingerprint density at radius 3 is 1.18 bits per heavy atom. The van der Waals surface area contributed by atoms with Crippen LogP contribution in [0.3, 0.4) is 0 Å². The molecule has 1 heterocycles. The fourth-order valence-electron chi connectivity index (χ4n) is 1.51. The maximum absolute atomic E-state index is 10.6. The van der Waals surface area contributed by atoms with Gasteiger partial charge in [-0.2, -0.15) is 16.8 Å². The molecule has 17 heavy (non-hydrogen) atoms. The topological polar surface area (TPSA) is 115 Å². The summed E-state index contributed by atoms with van der Waals surface area (Å²) >= 11 is 0. The first-order chi connectivity index (χ1) is 7.16. The molecule has 0 atom stereocenters. The minimum Gasteiger partial charge on any atom is -0.285 e. The molecule has 0 spiro atoms. The van der Waals surface area contributed by atoms with Crippen LogP contribution >= 0.6 is 0 Å². The Bertz CT molecular complexity index is 385. The molecular formula is C6H14N2NaO6S2+. The SMILES string of the molecule is O=S(=O)(O)CN1CCN(CS(=O)(=O)O)CC1.[Na+]. The van der Waals surface area contributed by atoms with Crippen molar-refractivity contribution in [2.24, 2.45) is 0 Å². The van der Waals surface area contributed by atoms with E-state index in [0.29, 0.717) is 26.2 Å². The minimum absolute atomic E-state index is 0. The fourth-order valence-corrected chi connectivity index (χ4v) is 2.95. The predicted octanol–water partition coefficient (Wildman–Crippen LogP) is -4.70. The Kier molecular flexibility index (Phi) is 7.07. The van der Waals surface area contributed by atoms with Crippen molar-refractivity contribution in [3.05, 3.63) is 0 Å². The van der Waals surface area contributed by atoms with E-state index in [0.717, 1.165) is 0 Å². The molecule has 11 heteroatoms. The summed E-state index contributed by atoms with van der Waals surface area (Å²) < 4.78 is 59.5. The first-order valence-corrected chi connectivity index (χ1v) is 7.72. The number of nitrogens with zero attached hydrogens (tertiary/aromatic N) is 2. The fraction of sp³-hybridized carbons (Fsp3) is 1.00. The van der Waals surface area contributed by atoms with E-state index in [1.807, 2.05) is 0 Å². The molecule has 0 radical (unpaired) electrons. The molecule has 0 aromatic heterocycles. The minimum atomic E-state index is -4.04. The number of piperazine rings is 1. The summed E-state index contributed by atoms with van der Waals surface area (Å²) in [7, 11) is -8.07. The molecule has 0 aromatic carbocycles. The molecule has 1 aliphatic rings. The van der Waals surface area contributed by atoms with Gasteiger partial charge < -0.3 is 0 Å². The summed E-state index contributed by atoms with van der Waals surface area (Å²) in [5.41, 5.74) is 0. The maximum Gasteiger partial charge on any atom is 1.00 e. The van der Waals surface area contributed by atoms with Gasteiger partial charge in [0.25, 0.3) is 20.2 Å².